The van der Waals surface area contributed by atoms with Gasteiger partial charge in [-0.3, -0.25) is 14.4 Å². The quantitative estimate of drug-likeness (QED) is 0.687. The molecule has 1 aromatic carbocycles. The lowest BCUT2D eigenvalue weighted by Gasteiger charge is -2.18. The van der Waals surface area contributed by atoms with Gasteiger partial charge in [0.05, 0.1) is 18.5 Å². The molecule has 0 radical (unpaired) electrons. The first-order valence-electron chi connectivity index (χ1n) is 8.52. The number of pyridine rings is 1. The van der Waals surface area contributed by atoms with Crippen LogP contribution in [0.4, 0.5) is 0 Å². The van der Waals surface area contributed by atoms with E-state index >= 15 is 0 Å². The SMILES string of the molecule is COc1ccc2cc([C@H](CC(N)=O)c3oc(C)cc(=O)c3O)c(=O)n(C)c2c1. The summed E-state index contributed by atoms with van der Waals surface area (Å²) < 4.78 is 12.1. The largest absolute Gasteiger partial charge is 0.502 e. The van der Waals surface area contributed by atoms with E-state index in [0.717, 1.165) is 6.07 Å². The highest BCUT2D eigenvalue weighted by Crippen LogP contribution is 2.32. The molecule has 3 aromatic rings. The summed E-state index contributed by atoms with van der Waals surface area (Å²) in [5.74, 6) is -1.68. The van der Waals surface area contributed by atoms with E-state index < -0.39 is 28.6 Å². The molecule has 146 valence electrons. The van der Waals surface area contributed by atoms with E-state index in [-0.39, 0.29) is 23.5 Å². The minimum atomic E-state index is -1.00. The minimum Gasteiger partial charge on any atom is -0.502 e. The van der Waals surface area contributed by atoms with Crippen LogP contribution in [0.3, 0.4) is 0 Å². The molecule has 1 atom stereocenters. The maximum Gasteiger partial charge on any atom is 0.254 e. The zero-order chi connectivity index (χ0) is 20.6. The number of hydrogen-bond donors (Lipinski definition) is 2. The number of fused-ring (bicyclic) bond motifs is 1. The van der Waals surface area contributed by atoms with Crippen molar-refractivity contribution in [2.45, 2.75) is 19.3 Å². The number of aromatic nitrogens is 1. The van der Waals surface area contributed by atoms with E-state index in [4.69, 9.17) is 14.9 Å². The van der Waals surface area contributed by atoms with Gasteiger partial charge in [0, 0.05) is 31.2 Å². The van der Waals surface area contributed by atoms with Crippen LogP contribution in [0, 0.1) is 6.92 Å². The maximum absolute atomic E-state index is 13.0. The fourth-order valence-electron chi connectivity index (χ4n) is 3.25. The number of carbonyl (C=O) groups is 1. The number of rotatable bonds is 5. The number of primary amides is 1. The Morgan fingerprint density at radius 3 is 2.64 bits per heavy atom. The van der Waals surface area contributed by atoms with E-state index in [1.165, 1.54) is 18.6 Å². The molecule has 3 rings (SSSR count). The van der Waals surface area contributed by atoms with Crippen LogP contribution in [-0.4, -0.2) is 22.7 Å². The van der Waals surface area contributed by atoms with Crippen molar-refractivity contribution in [3.05, 3.63) is 68.0 Å². The van der Waals surface area contributed by atoms with Gasteiger partial charge in [-0.15, -0.1) is 0 Å². The molecule has 2 aromatic heterocycles. The third kappa shape index (κ3) is 3.36. The van der Waals surface area contributed by atoms with Crippen molar-refractivity contribution in [3.8, 4) is 11.5 Å². The van der Waals surface area contributed by atoms with E-state index in [9.17, 15) is 19.5 Å². The van der Waals surface area contributed by atoms with Crippen molar-refractivity contribution >= 4 is 16.8 Å². The highest BCUT2D eigenvalue weighted by molar-refractivity contribution is 5.82. The van der Waals surface area contributed by atoms with Gasteiger partial charge in [0.15, 0.2) is 5.76 Å². The van der Waals surface area contributed by atoms with E-state index in [1.54, 1.807) is 31.3 Å². The summed E-state index contributed by atoms with van der Waals surface area (Å²) in [6, 6.07) is 7.96. The van der Waals surface area contributed by atoms with E-state index in [2.05, 4.69) is 0 Å². The summed E-state index contributed by atoms with van der Waals surface area (Å²) in [5.41, 5.74) is 5.11. The predicted molar refractivity (Wildman–Crippen MR) is 103 cm³/mol. The van der Waals surface area contributed by atoms with Gasteiger partial charge in [-0.05, 0) is 30.5 Å². The molecule has 3 N–H and O–H groups in total. The van der Waals surface area contributed by atoms with Crippen LogP contribution >= 0.6 is 0 Å². The lowest BCUT2D eigenvalue weighted by Crippen LogP contribution is -2.27. The van der Waals surface area contributed by atoms with Gasteiger partial charge in [0.25, 0.3) is 5.56 Å². The first-order valence-corrected chi connectivity index (χ1v) is 8.52. The van der Waals surface area contributed by atoms with Crippen LogP contribution < -0.4 is 21.5 Å². The second-order valence-electron chi connectivity index (χ2n) is 6.55. The van der Waals surface area contributed by atoms with Crippen molar-refractivity contribution < 1.29 is 19.1 Å². The second-order valence-corrected chi connectivity index (χ2v) is 6.55. The maximum atomic E-state index is 13.0. The molecule has 0 aliphatic rings. The fourth-order valence-corrected chi connectivity index (χ4v) is 3.25. The third-order valence-electron chi connectivity index (χ3n) is 4.63. The zero-order valence-corrected chi connectivity index (χ0v) is 15.7. The Labute approximate surface area is 159 Å². The Kier molecular flexibility index (Phi) is 4.96. The second kappa shape index (κ2) is 7.22. The number of carbonyl (C=O) groups excluding carboxylic acids is 1. The zero-order valence-electron chi connectivity index (χ0n) is 15.7. The van der Waals surface area contributed by atoms with Crippen LogP contribution in [0.5, 0.6) is 11.5 Å². The number of hydrogen-bond acceptors (Lipinski definition) is 6. The lowest BCUT2D eigenvalue weighted by atomic mass is 9.91. The van der Waals surface area contributed by atoms with Crippen molar-refractivity contribution in [1.82, 2.24) is 4.57 Å². The molecule has 0 bridgehead atoms. The van der Waals surface area contributed by atoms with Gasteiger partial charge in [-0.2, -0.15) is 0 Å². The topological polar surface area (TPSA) is 125 Å². The fraction of sp³-hybridized carbons (Fsp3) is 0.250. The standard InChI is InChI=1S/C20H20N2O6/c1-10-6-16(23)18(25)19(28-10)13(9-17(21)24)14-7-11-4-5-12(27-3)8-15(11)22(2)20(14)26/h4-8,13,25H,9H2,1-3H3,(H2,21,24)/t13-/m0/s1. The molecule has 0 unspecified atom stereocenters. The molecule has 0 aliphatic carbocycles. The van der Waals surface area contributed by atoms with Gasteiger partial charge in [0.1, 0.15) is 11.5 Å². The summed E-state index contributed by atoms with van der Waals surface area (Å²) in [6.07, 6.45) is -0.309. The number of aryl methyl sites for hydroxylation is 2. The van der Waals surface area contributed by atoms with Gasteiger partial charge < -0.3 is 24.6 Å². The van der Waals surface area contributed by atoms with Gasteiger partial charge in [0.2, 0.25) is 17.1 Å². The number of benzene rings is 1. The Balaban J connectivity index is 2.31. The van der Waals surface area contributed by atoms with Crippen LogP contribution in [0.15, 0.2) is 44.3 Å². The van der Waals surface area contributed by atoms with E-state index in [0.29, 0.717) is 16.7 Å². The number of ether oxygens (including phenoxy) is 1. The molecule has 0 aliphatic heterocycles. The monoisotopic (exact) mass is 384 g/mol. The lowest BCUT2D eigenvalue weighted by molar-refractivity contribution is -0.118. The van der Waals surface area contributed by atoms with Crippen molar-refractivity contribution in [3.63, 3.8) is 0 Å². The van der Waals surface area contributed by atoms with Crippen LogP contribution in [0.2, 0.25) is 0 Å². The third-order valence-corrected chi connectivity index (χ3v) is 4.63. The molecule has 8 heteroatoms. The Morgan fingerprint density at radius 1 is 1.29 bits per heavy atom. The van der Waals surface area contributed by atoms with Crippen LogP contribution in [0.1, 0.15) is 29.4 Å². The minimum absolute atomic E-state index is 0.159. The Morgan fingerprint density at radius 2 is 2.00 bits per heavy atom. The van der Waals surface area contributed by atoms with Crippen LogP contribution in [0.25, 0.3) is 10.9 Å². The Bertz CT molecular complexity index is 1190. The first-order chi connectivity index (χ1) is 13.2. The predicted octanol–water partition coefficient (Wildman–Crippen LogP) is 1.52. The molecule has 2 heterocycles. The van der Waals surface area contributed by atoms with Crippen molar-refractivity contribution in [2.75, 3.05) is 7.11 Å². The van der Waals surface area contributed by atoms with Gasteiger partial charge in [-0.1, -0.05) is 0 Å². The molecule has 0 saturated heterocycles. The summed E-state index contributed by atoms with van der Waals surface area (Å²) in [6.45, 7) is 1.54. The first kappa shape index (κ1) is 19.2. The van der Waals surface area contributed by atoms with E-state index in [1.807, 2.05) is 0 Å². The highest BCUT2D eigenvalue weighted by Gasteiger charge is 2.28. The molecular formula is C20H20N2O6. The molecular weight excluding hydrogens is 364 g/mol. The molecule has 0 saturated carbocycles. The smallest absolute Gasteiger partial charge is 0.254 e. The summed E-state index contributed by atoms with van der Waals surface area (Å²) in [7, 11) is 3.11. The Hall–Kier alpha value is -3.55. The molecule has 1 amide bonds. The van der Waals surface area contributed by atoms with Gasteiger partial charge >= 0.3 is 0 Å². The van der Waals surface area contributed by atoms with Crippen LogP contribution in [-0.2, 0) is 11.8 Å². The number of nitrogens with zero attached hydrogens (tertiary/aromatic N) is 1. The number of methoxy groups -OCH3 is 1. The number of nitrogens with two attached hydrogens (primary N) is 1. The normalized spacial score (nSPS) is 12.1. The summed E-state index contributed by atoms with van der Waals surface area (Å²) >= 11 is 0. The van der Waals surface area contributed by atoms with Gasteiger partial charge in [-0.25, -0.2) is 0 Å². The highest BCUT2D eigenvalue weighted by atomic mass is 16.5. The molecule has 8 nitrogen and oxygen atoms in total. The average Bonchev–Trinajstić information content (AvgIpc) is 2.65. The summed E-state index contributed by atoms with van der Waals surface area (Å²) in [5, 5.41) is 10.9. The number of aromatic hydroxyl groups is 1. The van der Waals surface area contributed by atoms with Crippen molar-refractivity contribution in [2.24, 2.45) is 12.8 Å². The molecule has 0 spiro atoms. The molecule has 28 heavy (non-hydrogen) atoms. The number of amides is 1. The van der Waals surface area contributed by atoms with Crippen molar-refractivity contribution in [1.29, 1.82) is 0 Å². The summed E-state index contributed by atoms with van der Waals surface area (Å²) in [4.78, 5) is 36.7. The average molecular weight is 384 g/mol. The molecule has 0 fully saturated rings.